The van der Waals surface area contributed by atoms with Gasteiger partial charge in [-0.15, -0.1) is 0 Å². The number of nitro benzene ring substituents is 1. The van der Waals surface area contributed by atoms with Crippen LogP contribution in [0.1, 0.15) is 6.92 Å². The van der Waals surface area contributed by atoms with Crippen LogP contribution in [-0.2, 0) is 0 Å². The Morgan fingerprint density at radius 2 is 2.11 bits per heavy atom. The van der Waals surface area contributed by atoms with Crippen molar-refractivity contribution in [3.05, 3.63) is 64.7 Å². The van der Waals surface area contributed by atoms with Crippen LogP contribution in [0.5, 0.6) is 0 Å². The second-order valence-electron chi connectivity index (χ2n) is 5.98. The molecular formula is C18H17FN6O3. The van der Waals surface area contributed by atoms with Crippen molar-refractivity contribution >= 4 is 23.1 Å². The molecule has 0 bridgehead atoms. The van der Waals surface area contributed by atoms with Gasteiger partial charge in [0, 0.05) is 30.1 Å². The summed E-state index contributed by atoms with van der Waals surface area (Å²) in [4.78, 5) is 23.3. The van der Waals surface area contributed by atoms with Crippen molar-refractivity contribution in [2.45, 2.75) is 13.0 Å². The standard InChI is InChI=1S/C18H17FN6O3/c1-11(10-26)21-18-23-15(12-3-2-6-20-9-12)8-17(24-18)22-14-5-4-13(19)7-16(14)25(27)28/h2-9,11,26H,10H2,1H3,(H2,21,22,23,24)/t11-/m0/s1. The molecule has 9 nitrogen and oxygen atoms in total. The van der Waals surface area contributed by atoms with Gasteiger partial charge in [-0.05, 0) is 31.2 Å². The summed E-state index contributed by atoms with van der Waals surface area (Å²) in [6.45, 7) is 1.62. The molecule has 144 valence electrons. The molecule has 0 aliphatic rings. The number of benzene rings is 1. The Labute approximate surface area is 159 Å². The summed E-state index contributed by atoms with van der Waals surface area (Å²) in [7, 11) is 0. The Balaban J connectivity index is 2.03. The van der Waals surface area contributed by atoms with Crippen molar-refractivity contribution in [3.8, 4) is 11.3 Å². The number of pyridine rings is 1. The van der Waals surface area contributed by atoms with Gasteiger partial charge in [-0.3, -0.25) is 15.1 Å². The number of nitrogens with zero attached hydrogens (tertiary/aromatic N) is 4. The Morgan fingerprint density at radius 1 is 1.29 bits per heavy atom. The fraction of sp³-hybridized carbons (Fsp3) is 0.167. The summed E-state index contributed by atoms with van der Waals surface area (Å²) in [5.74, 6) is -0.235. The third-order valence-electron chi connectivity index (χ3n) is 3.75. The number of rotatable bonds is 7. The lowest BCUT2D eigenvalue weighted by atomic mass is 10.2. The maximum absolute atomic E-state index is 13.4. The van der Waals surface area contributed by atoms with Gasteiger partial charge < -0.3 is 15.7 Å². The number of hydrogen-bond acceptors (Lipinski definition) is 8. The van der Waals surface area contributed by atoms with E-state index in [1.165, 1.54) is 6.07 Å². The highest BCUT2D eigenvalue weighted by Crippen LogP contribution is 2.29. The molecular weight excluding hydrogens is 367 g/mol. The largest absolute Gasteiger partial charge is 0.394 e. The summed E-state index contributed by atoms with van der Waals surface area (Å²) < 4.78 is 13.4. The molecule has 28 heavy (non-hydrogen) atoms. The maximum atomic E-state index is 13.4. The molecule has 0 saturated carbocycles. The molecule has 1 atom stereocenters. The first-order valence-electron chi connectivity index (χ1n) is 8.34. The van der Waals surface area contributed by atoms with Gasteiger partial charge in [-0.2, -0.15) is 4.98 Å². The van der Waals surface area contributed by atoms with Crippen LogP contribution in [0.2, 0.25) is 0 Å². The number of hydrogen-bond donors (Lipinski definition) is 3. The highest BCUT2D eigenvalue weighted by atomic mass is 19.1. The number of halogens is 1. The van der Waals surface area contributed by atoms with Crippen LogP contribution in [0.3, 0.4) is 0 Å². The van der Waals surface area contributed by atoms with Crippen LogP contribution in [0, 0.1) is 15.9 Å². The minimum Gasteiger partial charge on any atom is -0.394 e. The third-order valence-corrected chi connectivity index (χ3v) is 3.75. The fourth-order valence-corrected chi connectivity index (χ4v) is 2.40. The van der Waals surface area contributed by atoms with Crippen molar-refractivity contribution in [2.75, 3.05) is 17.2 Å². The van der Waals surface area contributed by atoms with Gasteiger partial charge in [0.15, 0.2) is 0 Å². The summed E-state index contributed by atoms with van der Waals surface area (Å²) in [5.41, 5.74) is 0.896. The molecule has 0 aliphatic heterocycles. The molecule has 3 aromatic rings. The van der Waals surface area contributed by atoms with Crippen LogP contribution < -0.4 is 10.6 Å². The Hall–Kier alpha value is -3.66. The van der Waals surface area contributed by atoms with Gasteiger partial charge >= 0.3 is 0 Å². The number of aliphatic hydroxyl groups is 1. The zero-order valence-corrected chi connectivity index (χ0v) is 14.8. The van der Waals surface area contributed by atoms with Gasteiger partial charge in [0.2, 0.25) is 5.95 Å². The van der Waals surface area contributed by atoms with Crippen molar-refractivity contribution in [1.82, 2.24) is 15.0 Å². The molecule has 10 heteroatoms. The molecule has 0 amide bonds. The van der Waals surface area contributed by atoms with Crippen LogP contribution in [0.25, 0.3) is 11.3 Å². The third kappa shape index (κ3) is 4.54. The van der Waals surface area contributed by atoms with E-state index in [-0.39, 0.29) is 30.1 Å². The Kier molecular flexibility index (Phi) is 5.70. The van der Waals surface area contributed by atoms with E-state index in [4.69, 9.17) is 0 Å². The second-order valence-corrected chi connectivity index (χ2v) is 5.98. The lowest BCUT2D eigenvalue weighted by molar-refractivity contribution is -0.384. The van der Waals surface area contributed by atoms with Gasteiger partial charge in [0.1, 0.15) is 17.3 Å². The summed E-state index contributed by atoms with van der Waals surface area (Å²) in [6, 6.07) is 8.06. The lowest BCUT2D eigenvalue weighted by Crippen LogP contribution is -2.21. The smallest absolute Gasteiger partial charge is 0.295 e. The van der Waals surface area contributed by atoms with Gasteiger partial charge in [0.25, 0.3) is 5.69 Å². The maximum Gasteiger partial charge on any atom is 0.295 e. The minimum atomic E-state index is -0.713. The quantitative estimate of drug-likeness (QED) is 0.419. The Bertz CT molecular complexity index is 986. The highest BCUT2D eigenvalue weighted by Gasteiger charge is 2.17. The average molecular weight is 384 g/mol. The number of nitrogens with one attached hydrogen (secondary N) is 2. The molecule has 0 radical (unpaired) electrons. The highest BCUT2D eigenvalue weighted by molar-refractivity contribution is 5.71. The van der Waals surface area contributed by atoms with Crippen LogP contribution in [0.4, 0.5) is 27.5 Å². The van der Waals surface area contributed by atoms with E-state index < -0.39 is 16.4 Å². The molecule has 2 aromatic heterocycles. The minimum absolute atomic E-state index is 0.0865. The van der Waals surface area contributed by atoms with E-state index in [2.05, 4.69) is 25.6 Å². The zero-order chi connectivity index (χ0) is 20.1. The fourth-order valence-electron chi connectivity index (χ4n) is 2.40. The number of aromatic nitrogens is 3. The molecule has 0 fully saturated rings. The summed E-state index contributed by atoms with van der Waals surface area (Å²) >= 11 is 0. The van der Waals surface area contributed by atoms with E-state index in [1.807, 2.05) is 0 Å². The van der Waals surface area contributed by atoms with Crippen LogP contribution in [0.15, 0.2) is 48.8 Å². The lowest BCUT2D eigenvalue weighted by Gasteiger charge is -2.14. The van der Waals surface area contributed by atoms with E-state index in [0.29, 0.717) is 11.3 Å². The molecule has 1 aromatic carbocycles. The van der Waals surface area contributed by atoms with Gasteiger partial charge in [0.05, 0.1) is 23.3 Å². The van der Waals surface area contributed by atoms with Crippen molar-refractivity contribution < 1.29 is 14.4 Å². The predicted octanol–water partition coefficient (Wildman–Crippen LogP) is 3.12. The van der Waals surface area contributed by atoms with Gasteiger partial charge in [-0.1, -0.05) is 0 Å². The summed E-state index contributed by atoms with van der Waals surface area (Å²) in [6.07, 6.45) is 3.24. The van der Waals surface area contributed by atoms with E-state index in [9.17, 15) is 19.6 Å². The monoisotopic (exact) mass is 384 g/mol. The van der Waals surface area contributed by atoms with Crippen LogP contribution >= 0.6 is 0 Å². The first-order chi connectivity index (χ1) is 13.5. The Morgan fingerprint density at radius 3 is 2.79 bits per heavy atom. The van der Waals surface area contributed by atoms with E-state index in [0.717, 1.165) is 12.1 Å². The van der Waals surface area contributed by atoms with E-state index >= 15 is 0 Å². The van der Waals surface area contributed by atoms with Crippen molar-refractivity contribution in [3.63, 3.8) is 0 Å². The predicted molar refractivity (Wildman–Crippen MR) is 102 cm³/mol. The van der Waals surface area contributed by atoms with E-state index in [1.54, 1.807) is 37.5 Å². The molecule has 3 rings (SSSR count). The second kappa shape index (κ2) is 8.35. The molecule has 0 saturated heterocycles. The molecule has 0 unspecified atom stereocenters. The topological polar surface area (TPSA) is 126 Å². The first kappa shape index (κ1) is 19.1. The average Bonchev–Trinajstić information content (AvgIpc) is 2.69. The SMILES string of the molecule is C[C@@H](CO)Nc1nc(Nc2ccc(F)cc2[N+](=O)[O-])cc(-c2cccnc2)n1. The molecule has 0 aliphatic carbocycles. The number of nitro groups is 1. The van der Waals surface area contributed by atoms with Crippen molar-refractivity contribution in [1.29, 1.82) is 0 Å². The number of anilines is 3. The van der Waals surface area contributed by atoms with Gasteiger partial charge in [-0.25, -0.2) is 9.37 Å². The molecule has 0 spiro atoms. The molecule has 2 heterocycles. The first-order valence-corrected chi connectivity index (χ1v) is 8.34. The van der Waals surface area contributed by atoms with Crippen LogP contribution in [-0.4, -0.2) is 37.6 Å². The number of aliphatic hydroxyl groups excluding tert-OH is 1. The van der Waals surface area contributed by atoms with Crippen molar-refractivity contribution in [2.24, 2.45) is 0 Å². The normalized spacial score (nSPS) is 11.7. The zero-order valence-electron chi connectivity index (χ0n) is 14.8. The molecule has 3 N–H and O–H groups in total. The summed E-state index contributed by atoms with van der Waals surface area (Å²) in [5, 5.41) is 26.3.